The molecule has 62 valence electrons. The molecule has 0 unspecified atom stereocenters. The van der Waals surface area contributed by atoms with E-state index in [1.807, 2.05) is 12.1 Å². The van der Waals surface area contributed by atoms with E-state index in [2.05, 4.69) is 22.1 Å². The van der Waals surface area contributed by atoms with Crippen LogP contribution < -0.4 is 5.43 Å². The molecule has 12 heavy (non-hydrogen) atoms. The molecule has 0 radical (unpaired) electrons. The van der Waals surface area contributed by atoms with Crippen molar-refractivity contribution >= 4 is 12.3 Å². The third-order valence-corrected chi connectivity index (χ3v) is 1.40. The van der Waals surface area contributed by atoms with Gasteiger partial charge in [-0.2, -0.15) is 5.10 Å². The number of rotatable bonds is 3. The van der Waals surface area contributed by atoms with Crippen LogP contribution in [0.15, 0.2) is 30.0 Å². The van der Waals surface area contributed by atoms with Crippen molar-refractivity contribution < 1.29 is 0 Å². The van der Waals surface area contributed by atoms with Gasteiger partial charge in [0, 0.05) is 18.8 Å². The molecule has 3 nitrogen and oxygen atoms in total. The first-order chi connectivity index (χ1) is 5.88. The van der Waals surface area contributed by atoms with Crippen molar-refractivity contribution in [2.45, 2.75) is 0 Å². The number of hydrogen-bond acceptors (Lipinski definition) is 3. The number of nitrogens with one attached hydrogen (secondary N) is 1. The van der Waals surface area contributed by atoms with Gasteiger partial charge in [0.15, 0.2) is 0 Å². The van der Waals surface area contributed by atoms with Gasteiger partial charge in [-0.3, -0.25) is 4.98 Å². The lowest BCUT2D eigenvalue weighted by atomic mass is 10.2. The van der Waals surface area contributed by atoms with Gasteiger partial charge in [0.1, 0.15) is 0 Å². The van der Waals surface area contributed by atoms with E-state index in [4.69, 9.17) is 0 Å². The maximum absolute atomic E-state index is 4.11. The lowest BCUT2D eigenvalue weighted by Crippen LogP contribution is -1.96. The number of nitrogens with zero attached hydrogens (tertiary/aromatic N) is 2. The first kappa shape index (κ1) is 8.46. The fraction of sp³-hybridized carbons (Fsp3) is 0.111. The van der Waals surface area contributed by atoms with Gasteiger partial charge in [-0.05, 0) is 18.2 Å². The third-order valence-electron chi connectivity index (χ3n) is 1.40. The van der Waals surface area contributed by atoms with E-state index < -0.39 is 0 Å². The molecule has 0 amide bonds. The Hall–Kier alpha value is -1.64. The molecule has 0 saturated carbocycles. The van der Waals surface area contributed by atoms with Crippen LogP contribution >= 0.6 is 0 Å². The van der Waals surface area contributed by atoms with Crippen LogP contribution in [0.2, 0.25) is 0 Å². The smallest absolute Gasteiger partial charge is 0.0712 e. The second-order valence-electron chi connectivity index (χ2n) is 2.16. The first-order valence-corrected chi connectivity index (χ1v) is 3.65. The zero-order valence-electron chi connectivity index (χ0n) is 6.99. The highest BCUT2D eigenvalue weighted by molar-refractivity contribution is 5.83. The summed E-state index contributed by atoms with van der Waals surface area (Å²) in [6, 6.07) is 3.80. The topological polar surface area (TPSA) is 37.3 Å². The molecule has 0 atom stereocenters. The largest absolute Gasteiger partial charge is 0.313 e. The van der Waals surface area contributed by atoms with Crippen molar-refractivity contribution in [1.29, 1.82) is 0 Å². The van der Waals surface area contributed by atoms with E-state index in [0.29, 0.717) is 0 Å². The van der Waals surface area contributed by atoms with E-state index in [-0.39, 0.29) is 0 Å². The fourth-order valence-corrected chi connectivity index (χ4v) is 0.844. The Morgan fingerprint density at radius 3 is 3.17 bits per heavy atom. The molecular formula is C9H11N3. The van der Waals surface area contributed by atoms with Gasteiger partial charge in [0.05, 0.1) is 11.9 Å². The molecule has 0 aromatic carbocycles. The van der Waals surface area contributed by atoms with Crippen LogP contribution in [0.25, 0.3) is 6.08 Å². The minimum absolute atomic E-state index is 0.844. The Morgan fingerprint density at radius 2 is 2.50 bits per heavy atom. The number of pyridine rings is 1. The third kappa shape index (κ3) is 1.92. The molecule has 0 spiro atoms. The van der Waals surface area contributed by atoms with Crippen LogP contribution in [0, 0.1) is 0 Å². The van der Waals surface area contributed by atoms with E-state index in [9.17, 15) is 0 Å². The fourth-order valence-electron chi connectivity index (χ4n) is 0.844. The predicted molar refractivity (Wildman–Crippen MR) is 51.0 cm³/mol. The highest BCUT2D eigenvalue weighted by Crippen LogP contribution is 2.02. The van der Waals surface area contributed by atoms with Crippen LogP contribution in [-0.2, 0) is 0 Å². The molecule has 0 aliphatic heterocycles. The van der Waals surface area contributed by atoms with E-state index in [0.717, 1.165) is 11.3 Å². The van der Waals surface area contributed by atoms with Crippen LogP contribution in [0.5, 0.6) is 0 Å². The zero-order chi connectivity index (χ0) is 8.81. The lowest BCUT2D eigenvalue weighted by Gasteiger charge is -1.96. The summed E-state index contributed by atoms with van der Waals surface area (Å²) in [5.41, 5.74) is 4.48. The summed E-state index contributed by atoms with van der Waals surface area (Å²) in [6.07, 6.45) is 5.15. The van der Waals surface area contributed by atoms with Gasteiger partial charge in [-0.15, -0.1) is 0 Å². The summed E-state index contributed by atoms with van der Waals surface area (Å²) in [6.45, 7) is 3.66. The molecule has 0 aliphatic carbocycles. The molecule has 0 saturated heterocycles. The Labute approximate surface area is 71.8 Å². The molecule has 3 heteroatoms. The second kappa shape index (κ2) is 4.28. The van der Waals surface area contributed by atoms with Gasteiger partial charge >= 0.3 is 0 Å². The lowest BCUT2D eigenvalue weighted by molar-refractivity contribution is 0.907. The van der Waals surface area contributed by atoms with Gasteiger partial charge in [-0.1, -0.05) is 6.58 Å². The minimum atomic E-state index is 0.844. The molecule has 0 fully saturated rings. The molecule has 0 aliphatic rings. The van der Waals surface area contributed by atoms with E-state index in [1.165, 1.54) is 0 Å². The van der Waals surface area contributed by atoms with Gasteiger partial charge in [-0.25, -0.2) is 0 Å². The van der Waals surface area contributed by atoms with Crippen molar-refractivity contribution in [1.82, 2.24) is 10.4 Å². The highest BCUT2D eigenvalue weighted by atomic mass is 15.3. The van der Waals surface area contributed by atoms with Crippen molar-refractivity contribution in [3.63, 3.8) is 0 Å². The number of hydrazone groups is 1. The van der Waals surface area contributed by atoms with Gasteiger partial charge < -0.3 is 5.43 Å². The average molecular weight is 161 g/mol. The maximum atomic E-state index is 4.11. The Morgan fingerprint density at radius 1 is 1.67 bits per heavy atom. The number of hydrogen-bond donors (Lipinski definition) is 1. The van der Waals surface area contributed by atoms with Gasteiger partial charge in [0.25, 0.3) is 0 Å². The van der Waals surface area contributed by atoms with Crippen molar-refractivity contribution in [3.05, 3.63) is 36.2 Å². The van der Waals surface area contributed by atoms with Crippen LogP contribution in [0.4, 0.5) is 0 Å². The second-order valence-corrected chi connectivity index (χ2v) is 2.16. The maximum Gasteiger partial charge on any atom is 0.0712 e. The monoisotopic (exact) mass is 161 g/mol. The molecule has 1 rings (SSSR count). The van der Waals surface area contributed by atoms with Crippen molar-refractivity contribution in [3.8, 4) is 0 Å². The normalized spacial score (nSPS) is 10.1. The summed E-state index contributed by atoms with van der Waals surface area (Å²) < 4.78 is 0. The molecule has 1 aromatic heterocycles. The standard InChI is InChI=1S/C9H11N3/c1-3-9-8(7-12-10-2)5-4-6-11-9/h3-7,10H,1H2,2H3/b12-7-. The molecular weight excluding hydrogens is 150 g/mol. The van der Waals surface area contributed by atoms with Gasteiger partial charge in [0.2, 0.25) is 0 Å². The first-order valence-electron chi connectivity index (χ1n) is 3.65. The van der Waals surface area contributed by atoms with E-state index >= 15 is 0 Å². The average Bonchev–Trinajstić information content (AvgIpc) is 2.15. The van der Waals surface area contributed by atoms with Crippen LogP contribution in [0.1, 0.15) is 11.3 Å². The SMILES string of the molecule is C=Cc1ncccc1/C=N\NC. The quantitative estimate of drug-likeness (QED) is 0.535. The highest BCUT2D eigenvalue weighted by Gasteiger charge is 1.93. The predicted octanol–water partition coefficient (Wildman–Crippen LogP) is 1.28. The Kier molecular flexibility index (Phi) is 3.02. The Bertz CT molecular complexity index is 292. The van der Waals surface area contributed by atoms with Crippen molar-refractivity contribution in [2.24, 2.45) is 5.10 Å². The number of aromatic nitrogens is 1. The summed E-state index contributed by atoms with van der Waals surface area (Å²) in [7, 11) is 1.75. The molecule has 1 aromatic rings. The molecule has 0 bridgehead atoms. The van der Waals surface area contributed by atoms with Crippen LogP contribution in [-0.4, -0.2) is 18.2 Å². The zero-order valence-corrected chi connectivity index (χ0v) is 6.99. The summed E-state index contributed by atoms with van der Waals surface area (Å²) in [5, 5.41) is 3.89. The minimum Gasteiger partial charge on any atom is -0.313 e. The molecule has 1 N–H and O–H groups in total. The molecule has 1 heterocycles. The summed E-state index contributed by atoms with van der Waals surface area (Å²) >= 11 is 0. The summed E-state index contributed by atoms with van der Waals surface area (Å²) in [5.74, 6) is 0. The van der Waals surface area contributed by atoms with Crippen LogP contribution in [0.3, 0.4) is 0 Å². The Balaban J connectivity index is 2.96. The van der Waals surface area contributed by atoms with Crippen molar-refractivity contribution in [2.75, 3.05) is 7.05 Å². The van der Waals surface area contributed by atoms with E-state index in [1.54, 1.807) is 25.5 Å². The summed E-state index contributed by atoms with van der Waals surface area (Å²) in [4.78, 5) is 4.11.